The minimum atomic E-state index is -0.0157. The van der Waals surface area contributed by atoms with Gasteiger partial charge in [-0.3, -0.25) is 4.79 Å². The van der Waals surface area contributed by atoms with Crippen LogP contribution in [0.2, 0.25) is 0 Å². The van der Waals surface area contributed by atoms with Crippen LogP contribution in [0.4, 0.5) is 0 Å². The molecule has 0 bridgehead atoms. The van der Waals surface area contributed by atoms with Crippen molar-refractivity contribution in [1.29, 1.82) is 0 Å². The first-order chi connectivity index (χ1) is 5.88. The first-order valence-electron chi connectivity index (χ1n) is 3.59. The molecule has 0 aromatic heterocycles. The van der Waals surface area contributed by atoms with Gasteiger partial charge in [0.15, 0.2) is 5.43 Å². The third-order valence-electron chi connectivity index (χ3n) is 1.62. The summed E-state index contributed by atoms with van der Waals surface area (Å²) in [6.45, 7) is 0. The van der Waals surface area contributed by atoms with Crippen LogP contribution < -0.4 is 5.43 Å². The highest BCUT2D eigenvalue weighted by Gasteiger charge is 2.02. The van der Waals surface area contributed by atoms with Crippen molar-refractivity contribution in [3.05, 3.63) is 46.8 Å². The quantitative estimate of drug-likeness (QED) is 0.694. The summed E-state index contributed by atoms with van der Waals surface area (Å²) >= 11 is 0. The summed E-state index contributed by atoms with van der Waals surface area (Å²) in [5, 5.41) is 7.58. The molecule has 2 aliphatic rings. The lowest BCUT2D eigenvalue weighted by molar-refractivity contribution is 1.06. The fraction of sp³-hybridized carbons (Fsp3) is 0. The number of halogens is 2. The van der Waals surface area contributed by atoms with Gasteiger partial charge in [0.05, 0.1) is 5.69 Å². The van der Waals surface area contributed by atoms with Crippen molar-refractivity contribution in [2.75, 3.05) is 0 Å². The normalized spacial score (nSPS) is 8.57. The van der Waals surface area contributed by atoms with E-state index < -0.39 is 0 Å². The Morgan fingerprint density at radius 3 is 2.57 bits per heavy atom. The molecule has 1 aliphatic heterocycles. The van der Waals surface area contributed by atoms with Crippen molar-refractivity contribution >= 4 is 24.8 Å². The highest BCUT2D eigenvalue weighted by Crippen LogP contribution is 2.09. The zero-order valence-corrected chi connectivity index (χ0v) is 8.72. The Kier molecular flexibility index (Phi) is 5.05. The van der Waals surface area contributed by atoms with Crippen molar-refractivity contribution in [3.8, 4) is 11.3 Å². The van der Waals surface area contributed by atoms with Gasteiger partial charge >= 0.3 is 0 Å². The second-order valence-electron chi connectivity index (χ2n) is 2.41. The summed E-state index contributed by atoms with van der Waals surface area (Å²) in [7, 11) is 0. The maximum atomic E-state index is 11.2. The SMILES string of the molecule is Cl.Cl.O=c1cccc2nncccc1-2. The van der Waals surface area contributed by atoms with Crippen LogP contribution in [0.3, 0.4) is 0 Å². The lowest BCUT2D eigenvalue weighted by Crippen LogP contribution is -2.02. The van der Waals surface area contributed by atoms with Crippen LogP contribution in [-0.4, -0.2) is 10.2 Å². The molecule has 1 heterocycles. The molecule has 0 aromatic rings. The monoisotopic (exact) mass is 230 g/mol. The maximum Gasteiger partial charge on any atom is 0.188 e. The van der Waals surface area contributed by atoms with Crippen LogP contribution >= 0.6 is 24.8 Å². The van der Waals surface area contributed by atoms with Gasteiger partial charge in [0.25, 0.3) is 0 Å². The van der Waals surface area contributed by atoms with Crippen molar-refractivity contribution in [1.82, 2.24) is 10.2 Å². The number of fused-ring (bicyclic) bond motifs is 1. The molecule has 0 spiro atoms. The smallest absolute Gasteiger partial charge is 0.188 e. The van der Waals surface area contributed by atoms with E-state index in [0.717, 1.165) is 0 Å². The molecule has 5 heteroatoms. The minimum absolute atomic E-state index is 0. The number of aromatic nitrogens is 2. The summed E-state index contributed by atoms with van der Waals surface area (Å²) in [6.07, 6.45) is 1.56. The third kappa shape index (κ3) is 2.40. The van der Waals surface area contributed by atoms with Gasteiger partial charge in [-0.15, -0.1) is 24.8 Å². The van der Waals surface area contributed by atoms with Crippen molar-refractivity contribution in [2.24, 2.45) is 0 Å². The molecule has 0 fully saturated rings. The fourth-order valence-electron chi connectivity index (χ4n) is 1.06. The van der Waals surface area contributed by atoms with Gasteiger partial charge < -0.3 is 0 Å². The van der Waals surface area contributed by atoms with Crippen LogP contribution in [0.25, 0.3) is 11.3 Å². The summed E-state index contributed by atoms with van der Waals surface area (Å²) in [5.74, 6) is 0. The summed E-state index contributed by atoms with van der Waals surface area (Å²) in [4.78, 5) is 11.2. The molecular weight excluding hydrogens is 223 g/mol. The van der Waals surface area contributed by atoms with Crippen LogP contribution in [0.15, 0.2) is 41.3 Å². The molecular formula is C9H8Cl2N2O. The Morgan fingerprint density at radius 1 is 1.00 bits per heavy atom. The third-order valence-corrected chi connectivity index (χ3v) is 1.62. The van der Waals surface area contributed by atoms with Gasteiger partial charge in [-0.25, -0.2) is 0 Å². The van der Waals surface area contributed by atoms with E-state index in [0.29, 0.717) is 11.3 Å². The highest BCUT2D eigenvalue weighted by atomic mass is 35.5. The predicted molar refractivity (Wildman–Crippen MR) is 59.4 cm³/mol. The Bertz CT molecular complexity index is 436. The molecule has 74 valence electrons. The van der Waals surface area contributed by atoms with Gasteiger partial charge in [-0.05, 0) is 24.3 Å². The molecule has 0 saturated heterocycles. The average Bonchev–Trinajstić information content (AvgIpc) is 2.30. The van der Waals surface area contributed by atoms with Gasteiger partial charge in [0.1, 0.15) is 0 Å². The number of nitrogens with zero attached hydrogens (tertiary/aromatic N) is 2. The van der Waals surface area contributed by atoms with E-state index in [4.69, 9.17) is 0 Å². The molecule has 0 saturated carbocycles. The number of hydrogen-bond donors (Lipinski definition) is 0. The van der Waals surface area contributed by atoms with E-state index in [2.05, 4.69) is 10.2 Å². The van der Waals surface area contributed by atoms with Crippen LogP contribution in [0.1, 0.15) is 0 Å². The largest absolute Gasteiger partial charge is 0.289 e. The van der Waals surface area contributed by atoms with E-state index in [1.54, 1.807) is 30.5 Å². The first kappa shape index (κ1) is 12.8. The second-order valence-corrected chi connectivity index (χ2v) is 2.41. The Hall–Kier alpha value is -1.19. The molecule has 0 radical (unpaired) electrons. The minimum Gasteiger partial charge on any atom is -0.289 e. The number of benzene rings is 1. The fourth-order valence-corrected chi connectivity index (χ4v) is 1.06. The summed E-state index contributed by atoms with van der Waals surface area (Å²) in [5.41, 5.74) is 1.22. The zero-order valence-electron chi connectivity index (χ0n) is 7.08. The van der Waals surface area contributed by atoms with E-state index >= 15 is 0 Å². The molecule has 0 aromatic carbocycles. The Balaban J connectivity index is 0.000000845. The first-order valence-corrected chi connectivity index (χ1v) is 3.59. The van der Waals surface area contributed by atoms with Gasteiger partial charge in [0.2, 0.25) is 0 Å². The maximum absolute atomic E-state index is 11.2. The van der Waals surface area contributed by atoms with E-state index in [1.807, 2.05) is 0 Å². The van der Waals surface area contributed by atoms with Crippen LogP contribution in [-0.2, 0) is 0 Å². The predicted octanol–water partition coefficient (Wildman–Crippen LogP) is 1.79. The van der Waals surface area contributed by atoms with E-state index in [9.17, 15) is 4.79 Å². The molecule has 0 N–H and O–H groups in total. The summed E-state index contributed by atoms with van der Waals surface area (Å²) < 4.78 is 0. The molecule has 0 atom stereocenters. The Morgan fingerprint density at radius 2 is 1.79 bits per heavy atom. The Labute approximate surface area is 93.4 Å². The molecule has 2 rings (SSSR count). The molecule has 0 unspecified atom stereocenters. The molecule has 1 aliphatic carbocycles. The van der Waals surface area contributed by atoms with Gasteiger partial charge in [-0.1, -0.05) is 6.07 Å². The van der Waals surface area contributed by atoms with Crippen molar-refractivity contribution < 1.29 is 0 Å². The standard InChI is InChI=1S/C9H6N2O.2ClH/c12-9-5-1-4-8-7(9)3-2-6-10-11-8;;/h1-6H;2*1H. The average molecular weight is 231 g/mol. The van der Waals surface area contributed by atoms with Crippen LogP contribution in [0.5, 0.6) is 0 Å². The molecule has 0 amide bonds. The topological polar surface area (TPSA) is 42.9 Å². The van der Waals surface area contributed by atoms with E-state index in [-0.39, 0.29) is 30.2 Å². The van der Waals surface area contributed by atoms with Gasteiger partial charge in [-0.2, -0.15) is 10.2 Å². The molecule has 14 heavy (non-hydrogen) atoms. The zero-order chi connectivity index (χ0) is 8.39. The van der Waals surface area contributed by atoms with Crippen molar-refractivity contribution in [3.63, 3.8) is 0 Å². The number of rotatable bonds is 0. The van der Waals surface area contributed by atoms with Crippen molar-refractivity contribution in [2.45, 2.75) is 0 Å². The number of hydrogen-bond acceptors (Lipinski definition) is 3. The van der Waals surface area contributed by atoms with Crippen LogP contribution in [0, 0.1) is 0 Å². The lowest BCUT2D eigenvalue weighted by atomic mass is 10.1. The van der Waals surface area contributed by atoms with E-state index in [1.165, 1.54) is 6.07 Å². The summed E-state index contributed by atoms with van der Waals surface area (Å²) in [6, 6.07) is 8.39. The second kappa shape index (κ2) is 5.52. The highest BCUT2D eigenvalue weighted by molar-refractivity contribution is 5.85. The van der Waals surface area contributed by atoms with Gasteiger partial charge in [0, 0.05) is 11.8 Å². The lowest BCUT2D eigenvalue weighted by Gasteiger charge is -1.93. The molecule has 3 nitrogen and oxygen atoms in total.